The molecule has 1 heterocycles. The van der Waals surface area contributed by atoms with Crippen LogP contribution in [0.5, 0.6) is 0 Å². The average molecular weight is 426 g/mol. The van der Waals surface area contributed by atoms with E-state index < -0.39 is 21.7 Å². The Balaban J connectivity index is 1.48. The molecule has 3 aromatic rings. The van der Waals surface area contributed by atoms with Gasteiger partial charge in [0.25, 0.3) is 17.3 Å². The van der Waals surface area contributed by atoms with Gasteiger partial charge in [-0.05, 0) is 24.3 Å². The molecule has 13 heteroatoms. The Kier molecular flexibility index (Phi) is 6.25. The van der Waals surface area contributed by atoms with Gasteiger partial charge in [-0.1, -0.05) is 5.16 Å². The van der Waals surface area contributed by atoms with Gasteiger partial charge in [-0.25, -0.2) is 0 Å². The largest absolute Gasteiger partial charge is 0.350 e. The lowest BCUT2D eigenvalue weighted by Gasteiger charge is -2.05. The van der Waals surface area contributed by atoms with Crippen molar-refractivity contribution in [1.29, 1.82) is 0 Å². The second-order valence-corrected chi connectivity index (χ2v) is 6.04. The highest BCUT2D eigenvalue weighted by Gasteiger charge is 2.17. The van der Waals surface area contributed by atoms with E-state index in [1.54, 1.807) is 0 Å². The van der Waals surface area contributed by atoms with Gasteiger partial charge in [0.15, 0.2) is 0 Å². The normalized spacial score (nSPS) is 10.3. The average Bonchev–Trinajstić information content (AvgIpc) is 3.27. The highest BCUT2D eigenvalue weighted by Crippen LogP contribution is 2.19. The van der Waals surface area contributed by atoms with Gasteiger partial charge in [0.05, 0.1) is 9.85 Å². The number of hydrogen-bond acceptors (Lipinski definition) is 9. The molecule has 0 spiro atoms. The summed E-state index contributed by atoms with van der Waals surface area (Å²) in [4.78, 5) is 48.2. The predicted octanol–water partition coefficient (Wildman–Crippen LogP) is 1.71. The van der Waals surface area contributed by atoms with Gasteiger partial charge in [-0.15, -0.1) is 0 Å². The summed E-state index contributed by atoms with van der Waals surface area (Å²) in [5, 5.41) is 30.0. The van der Waals surface area contributed by atoms with E-state index in [1.807, 2.05) is 0 Å². The summed E-state index contributed by atoms with van der Waals surface area (Å²) in [5.41, 5.74) is 0.447. The quantitative estimate of drug-likeness (QED) is 0.307. The van der Waals surface area contributed by atoms with E-state index in [4.69, 9.17) is 4.52 Å². The number of carbonyl (C=O) groups excluding carboxylic acids is 2. The first-order chi connectivity index (χ1) is 14.8. The number of amides is 2. The number of carbonyl (C=O) groups is 2. The second kappa shape index (κ2) is 9.21. The SMILES string of the molecule is O=C(NCCNC(=O)c1nc(-c2ccc([N+](=O)[O-])cc2)no1)c1ccc([N+](=O)[O-])cc1. The predicted molar refractivity (Wildman–Crippen MR) is 104 cm³/mol. The van der Waals surface area contributed by atoms with Crippen molar-refractivity contribution in [3.63, 3.8) is 0 Å². The van der Waals surface area contributed by atoms with E-state index in [2.05, 4.69) is 20.8 Å². The van der Waals surface area contributed by atoms with E-state index in [0.29, 0.717) is 5.56 Å². The molecule has 0 aliphatic rings. The van der Waals surface area contributed by atoms with Gasteiger partial charge in [0.2, 0.25) is 5.82 Å². The summed E-state index contributed by atoms with van der Waals surface area (Å²) >= 11 is 0. The van der Waals surface area contributed by atoms with Crippen molar-refractivity contribution in [3.05, 3.63) is 80.2 Å². The molecule has 0 saturated heterocycles. The molecule has 2 amide bonds. The van der Waals surface area contributed by atoms with E-state index in [0.717, 1.165) is 0 Å². The Morgan fingerprint density at radius 1 is 0.839 bits per heavy atom. The van der Waals surface area contributed by atoms with Gasteiger partial charge in [-0.3, -0.25) is 29.8 Å². The third kappa shape index (κ3) is 5.23. The standard InChI is InChI=1S/C18H14N6O7/c25-16(12-3-7-14(8-4-12)24(29)30)19-9-10-20-17(26)18-21-15(22-31-18)11-1-5-13(6-2-11)23(27)28/h1-8H,9-10H2,(H,19,25)(H,20,26). The molecule has 158 valence electrons. The molecule has 3 rings (SSSR count). The number of nitrogens with zero attached hydrogens (tertiary/aromatic N) is 4. The summed E-state index contributed by atoms with van der Waals surface area (Å²) < 4.78 is 4.89. The zero-order chi connectivity index (χ0) is 22.4. The van der Waals surface area contributed by atoms with Crippen molar-refractivity contribution in [2.45, 2.75) is 0 Å². The molecule has 0 radical (unpaired) electrons. The van der Waals surface area contributed by atoms with E-state index in [-0.39, 0.29) is 41.7 Å². The third-order valence-electron chi connectivity index (χ3n) is 3.99. The molecule has 2 N–H and O–H groups in total. The van der Waals surface area contributed by atoms with Crippen LogP contribution in [-0.2, 0) is 0 Å². The van der Waals surface area contributed by atoms with Gasteiger partial charge in [0, 0.05) is 48.5 Å². The van der Waals surface area contributed by atoms with Gasteiger partial charge in [-0.2, -0.15) is 4.98 Å². The Hall–Kier alpha value is -4.68. The smallest absolute Gasteiger partial charge is 0.316 e. The minimum atomic E-state index is -0.662. The number of nitrogens with one attached hydrogen (secondary N) is 2. The molecule has 0 unspecified atom stereocenters. The van der Waals surface area contributed by atoms with Crippen LogP contribution in [0.1, 0.15) is 21.0 Å². The van der Waals surface area contributed by atoms with Crippen LogP contribution in [0.4, 0.5) is 11.4 Å². The molecule has 0 atom stereocenters. The first kappa shape index (κ1) is 21.0. The van der Waals surface area contributed by atoms with Crippen LogP contribution in [0.15, 0.2) is 53.1 Å². The lowest BCUT2D eigenvalue weighted by Crippen LogP contribution is -2.34. The molecule has 0 bridgehead atoms. The molecule has 2 aromatic carbocycles. The molecule has 13 nitrogen and oxygen atoms in total. The van der Waals surface area contributed by atoms with Crippen molar-refractivity contribution < 1.29 is 24.0 Å². The van der Waals surface area contributed by atoms with E-state index >= 15 is 0 Å². The summed E-state index contributed by atoms with van der Waals surface area (Å²) in [6, 6.07) is 10.5. The molecule has 0 aliphatic carbocycles. The van der Waals surface area contributed by atoms with Crippen molar-refractivity contribution in [3.8, 4) is 11.4 Å². The highest BCUT2D eigenvalue weighted by atomic mass is 16.6. The lowest BCUT2D eigenvalue weighted by molar-refractivity contribution is -0.385. The minimum absolute atomic E-state index is 0.0623. The van der Waals surface area contributed by atoms with Gasteiger partial charge in [0.1, 0.15) is 0 Å². The molecule has 0 fully saturated rings. The number of benzene rings is 2. The molecule has 1 aromatic heterocycles. The summed E-state index contributed by atoms with van der Waals surface area (Å²) in [6.07, 6.45) is 0. The minimum Gasteiger partial charge on any atom is -0.350 e. The number of hydrogen-bond donors (Lipinski definition) is 2. The van der Waals surface area contributed by atoms with Gasteiger partial charge < -0.3 is 15.2 Å². The van der Waals surface area contributed by atoms with Crippen LogP contribution in [-0.4, -0.2) is 44.9 Å². The first-order valence-electron chi connectivity index (χ1n) is 8.74. The maximum absolute atomic E-state index is 12.1. The van der Waals surface area contributed by atoms with Crippen LogP contribution < -0.4 is 10.6 Å². The topological polar surface area (TPSA) is 183 Å². The molecule has 0 saturated carbocycles. The van der Waals surface area contributed by atoms with Crippen molar-refractivity contribution >= 4 is 23.2 Å². The Labute approximate surface area is 173 Å². The highest BCUT2D eigenvalue weighted by molar-refractivity contribution is 5.94. The maximum Gasteiger partial charge on any atom is 0.316 e. The maximum atomic E-state index is 12.1. The fraction of sp³-hybridized carbons (Fsp3) is 0.111. The van der Waals surface area contributed by atoms with Crippen LogP contribution >= 0.6 is 0 Å². The molecule has 31 heavy (non-hydrogen) atoms. The number of nitro benzene ring substituents is 2. The van der Waals surface area contributed by atoms with Crippen molar-refractivity contribution in [2.75, 3.05) is 13.1 Å². The number of nitro groups is 2. The summed E-state index contributed by atoms with van der Waals surface area (Å²) in [5.74, 6) is -1.34. The van der Waals surface area contributed by atoms with Crippen LogP contribution in [0.3, 0.4) is 0 Å². The van der Waals surface area contributed by atoms with Crippen molar-refractivity contribution in [2.24, 2.45) is 0 Å². The second-order valence-electron chi connectivity index (χ2n) is 6.04. The summed E-state index contributed by atoms with van der Waals surface area (Å²) in [7, 11) is 0. The van der Waals surface area contributed by atoms with E-state index in [1.165, 1.54) is 48.5 Å². The van der Waals surface area contributed by atoms with Crippen LogP contribution in [0.25, 0.3) is 11.4 Å². The first-order valence-corrected chi connectivity index (χ1v) is 8.74. The zero-order valence-corrected chi connectivity index (χ0v) is 15.7. The Morgan fingerprint density at radius 3 is 1.90 bits per heavy atom. The van der Waals surface area contributed by atoms with Crippen LogP contribution in [0, 0.1) is 20.2 Å². The fourth-order valence-electron chi connectivity index (χ4n) is 2.43. The monoisotopic (exact) mass is 426 g/mol. The van der Waals surface area contributed by atoms with Crippen molar-refractivity contribution in [1.82, 2.24) is 20.8 Å². The number of rotatable bonds is 8. The van der Waals surface area contributed by atoms with E-state index in [9.17, 15) is 29.8 Å². The summed E-state index contributed by atoms with van der Waals surface area (Å²) in [6.45, 7) is 0.151. The van der Waals surface area contributed by atoms with Gasteiger partial charge >= 0.3 is 11.8 Å². The molecular formula is C18H14N6O7. The number of aromatic nitrogens is 2. The fourth-order valence-corrected chi connectivity index (χ4v) is 2.43. The third-order valence-corrected chi connectivity index (χ3v) is 3.99. The zero-order valence-electron chi connectivity index (χ0n) is 15.7. The molecular weight excluding hydrogens is 412 g/mol. The lowest BCUT2D eigenvalue weighted by atomic mass is 10.2. The van der Waals surface area contributed by atoms with Crippen LogP contribution in [0.2, 0.25) is 0 Å². The number of non-ortho nitro benzene ring substituents is 2. The molecule has 0 aliphatic heterocycles. The Bertz CT molecular complexity index is 1130. The Morgan fingerprint density at radius 2 is 1.35 bits per heavy atom.